The van der Waals surface area contributed by atoms with Crippen LogP contribution in [0.1, 0.15) is 20.3 Å². The Kier molecular flexibility index (Phi) is 7.81. The van der Waals surface area contributed by atoms with Gasteiger partial charge in [0.2, 0.25) is 0 Å². The SMILES string of the molecule is CC(C)COCCCNC(=O)Nc1cccc(I)c1. The first-order valence-electron chi connectivity index (χ1n) is 6.46. The van der Waals surface area contributed by atoms with Crippen LogP contribution in [-0.2, 0) is 4.74 Å². The van der Waals surface area contributed by atoms with Crippen molar-refractivity contribution in [3.05, 3.63) is 27.8 Å². The van der Waals surface area contributed by atoms with Gasteiger partial charge in [-0.1, -0.05) is 19.9 Å². The van der Waals surface area contributed by atoms with Crippen molar-refractivity contribution in [3.63, 3.8) is 0 Å². The average Bonchev–Trinajstić information content (AvgIpc) is 2.33. The summed E-state index contributed by atoms with van der Waals surface area (Å²) in [5.74, 6) is 0.553. The van der Waals surface area contributed by atoms with Crippen molar-refractivity contribution < 1.29 is 9.53 Å². The standard InChI is InChI=1S/C14H21IN2O2/c1-11(2)10-19-8-4-7-16-14(18)17-13-6-3-5-12(15)9-13/h3,5-6,9,11H,4,7-8,10H2,1-2H3,(H2,16,17,18). The Morgan fingerprint density at radius 1 is 1.42 bits per heavy atom. The van der Waals surface area contributed by atoms with Crippen molar-refractivity contribution in [3.8, 4) is 0 Å². The number of rotatable bonds is 7. The summed E-state index contributed by atoms with van der Waals surface area (Å²) in [4.78, 5) is 11.6. The van der Waals surface area contributed by atoms with E-state index in [2.05, 4.69) is 47.1 Å². The van der Waals surface area contributed by atoms with E-state index in [0.717, 1.165) is 22.3 Å². The van der Waals surface area contributed by atoms with Crippen LogP contribution in [0.25, 0.3) is 0 Å². The normalized spacial score (nSPS) is 10.5. The number of benzene rings is 1. The van der Waals surface area contributed by atoms with Gasteiger partial charge in [-0.25, -0.2) is 4.79 Å². The van der Waals surface area contributed by atoms with Crippen molar-refractivity contribution in [1.29, 1.82) is 0 Å². The molecule has 5 heteroatoms. The Hall–Kier alpha value is -0.820. The fourth-order valence-electron chi connectivity index (χ4n) is 1.44. The van der Waals surface area contributed by atoms with Crippen LogP contribution >= 0.6 is 22.6 Å². The highest BCUT2D eigenvalue weighted by atomic mass is 127. The molecule has 106 valence electrons. The van der Waals surface area contributed by atoms with Crippen LogP contribution in [0.15, 0.2) is 24.3 Å². The number of carbonyl (C=O) groups is 1. The molecule has 0 radical (unpaired) electrons. The Morgan fingerprint density at radius 3 is 2.89 bits per heavy atom. The lowest BCUT2D eigenvalue weighted by molar-refractivity contribution is 0.108. The minimum atomic E-state index is -0.175. The molecule has 2 N–H and O–H groups in total. The van der Waals surface area contributed by atoms with Gasteiger partial charge in [-0.15, -0.1) is 0 Å². The molecule has 0 saturated carbocycles. The van der Waals surface area contributed by atoms with Gasteiger partial charge in [0.25, 0.3) is 0 Å². The van der Waals surface area contributed by atoms with Crippen LogP contribution in [0.2, 0.25) is 0 Å². The number of carbonyl (C=O) groups excluding carboxylic acids is 1. The molecule has 0 spiro atoms. The van der Waals surface area contributed by atoms with Crippen molar-refractivity contribution >= 4 is 34.3 Å². The Bertz CT molecular complexity index is 397. The van der Waals surface area contributed by atoms with E-state index in [4.69, 9.17) is 4.74 Å². The van der Waals surface area contributed by atoms with E-state index in [-0.39, 0.29) is 6.03 Å². The second kappa shape index (κ2) is 9.14. The first-order valence-corrected chi connectivity index (χ1v) is 7.54. The molecule has 0 bridgehead atoms. The molecule has 0 atom stereocenters. The maximum Gasteiger partial charge on any atom is 0.319 e. The smallest absolute Gasteiger partial charge is 0.319 e. The number of ether oxygens (including phenoxy) is 1. The summed E-state index contributed by atoms with van der Waals surface area (Å²) >= 11 is 2.21. The molecular weight excluding hydrogens is 355 g/mol. The molecule has 0 aliphatic carbocycles. The van der Waals surface area contributed by atoms with E-state index in [0.29, 0.717) is 19.1 Å². The summed E-state index contributed by atoms with van der Waals surface area (Å²) in [5.41, 5.74) is 0.806. The first kappa shape index (κ1) is 16.2. The van der Waals surface area contributed by atoms with Crippen molar-refractivity contribution in [2.45, 2.75) is 20.3 Å². The molecule has 4 nitrogen and oxygen atoms in total. The summed E-state index contributed by atoms with van der Waals surface area (Å²) in [6, 6.07) is 7.51. The zero-order chi connectivity index (χ0) is 14.1. The number of amides is 2. The molecule has 0 saturated heterocycles. The summed E-state index contributed by atoms with van der Waals surface area (Å²) in [7, 11) is 0. The zero-order valence-electron chi connectivity index (χ0n) is 11.4. The minimum absolute atomic E-state index is 0.175. The molecule has 0 aromatic heterocycles. The third-order valence-electron chi connectivity index (χ3n) is 2.28. The van der Waals surface area contributed by atoms with Crippen molar-refractivity contribution in [2.24, 2.45) is 5.92 Å². The highest BCUT2D eigenvalue weighted by Crippen LogP contribution is 2.11. The predicted octanol–water partition coefficient (Wildman–Crippen LogP) is 3.48. The fraction of sp³-hybridized carbons (Fsp3) is 0.500. The van der Waals surface area contributed by atoms with E-state index >= 15 is 0 Å². The third-order valence-corrected chi connectivity index (χ3v) is 2.96. The van der Waals surface area contributed by atoms with Crippen LogP contribution in [0, 0.1) is 9.49 Å². The highest BCUT2D eigenvalue weighted by Gasteiger charge is 2.01. The van der Waals surface area contributed by atoms with Gasteiger partial charge >= 0.3 is 6.03 Å². The van der Waals surface area contributed by atoms with Gasteiger partial charge in [-0.2, -0.15) is 0 Å². The fourth-order valence-corrected chi connectivity index (χ4v) is 1.98. The van der Waals surface area contributed by atoms with E-state index in [1.807, 2.05) is 24.3 Å². The van der Waals surface area contributed by atoms with Gasteiger partial charge < -0.3 is 15.4 Å². The number of halogens is 1. The molecule has 0 aliphatic rings. The van der Waals surface area contributed by atoms with Gasteiger partial charge in [0, 0.05) is 29.0 Å². The average molecular weight is 376 g/mol. The Balaban J connectivity index is 2.11. The molecule has 0 heterocycles. The molecule has 19 heavy (non-hydrogen) atoms. The van der Waals surface area contributed by atoms with Crippen LogP contribution in [0.5, 0.6) is 0 Å². The lowest BCUT2D eigenvalue weighted by atomic mass is 10.2. The maximum atomic E-state index is 11.6. The van der Waals surface area contributed by atoms with E-state index in [1.165, 1.54) is 0 Å². The topological polar surface area (TPSA) is 50.4 Å². The van der Waals surface area contributed by atoms with Crippen LogP contribution < -0.4 is 10.6 Å². The van der Waals surface area contributed by atoms with E-state index in [9.17, 15) is 4.79 Å². The van der Waals surface area contributed by atoms with Crippen molar-refractivity contribution in [2.75, 3.05) is 25.1 Å². The monoisotopic (exact) mass is 376 g/mol. The Labute approximate surface area is 128 Å². The first-order chi connectivity index (χ1) is 9.08. The molecule has 1 rings (SSSR count). The van der Waals surface area contributed by atoms with Gasteiger partial charge in [-0.05, 0) is 53.1 Å². The summed E-state index contributed by atoms with van der Waals surface area (Å²) in [5, 5.41) is 5.60. The van der Waals surface area contributed by atoms with Gasteiger partial charge in [-0.3, -0.25) is 0 Å². The van der Waals surface area contributed by atoms with Crippen LogP contribution in [0.4, 0.5) is 10.5 Å². The lowest BCUT2D eigenvalue weighted by Crippen LogP contribution is -2.30. The zero-order valence-corrected chi connectivity index (χ0v) is 13.6. The number of hydrogen-bond donors (Lipinski definition) is 2. The minimum Gasteiger partial charge on any atom is -0.381 e. The molecular formula is C14H21IN2O2. The summed E-state index contributed by atoms with van der Waals surface area (Å²) < 4.78 is 6.53. The molecule has 0 fully saturated rings. The predicted molar refractivity (Wildman–Crippen MR) is 86.5 cm³/mol. The number of nitrogens with one attached hydrogen (secondary N) is 2. The van der Waals surface area contributed by atoms with E-state index < -0.39 is 0 Å². The summed E-state index contributed by atoms with van der Waals surface area (Å²) in [6.07, 6.45) is 0.826. The third kappa shape index (κ3) is 8.05. The highest BCUT2D eigenvalue weighted by molar-refractivity contribution is 14.1. The van der Waals surface area contributed by atoms with Crippen LogP contribution in [-0.4, -0.2) is 25.8 Å². The largest absolute Gasteiger partial charge is 0.381 e. The molecule has 0 unspecified atom stereocenters. The van der Waals surface area contributed by atoms with Gasteiger partial charge in [0.15, 0.2) is 0 Å². The van der Waals surface area contributed by atoms with Crippen molar-refractivity contribution in [1.82, 2.24) is 5.32 Å². The Morgan fingerprint density at radius 2 is 2.21 bits per heavy atom. The lowest BCUT2D eigenvalue weighted by Gasteiger charge is -2.09. The number of anilines is 1. The molecule has 0 aliphatic heterocycles. The van der Waals surface area contributed by atoms with Gasteiger partial charge in [0.1, 0.15) is 0 Å². The number of urea groups is 1. The van der Waals surface area contributed by atoms with E-state index in [1.54, 1.807) is 0 Å². The summed E-state index contributed by atoms with van der Waals surface area (Å²) in [6.45, 7) is 6.31. The van der Waals surface area contributed by atoms with Gasteiger partial charge in [0.05, 0.1) is 0 Å². The maximum absolute atomic E-state index is 11.6. The quantitative estimate of drug-likeness (QED) is 0.566. The molecule has 2 amide bonds. The molecule has 1 aromatic carbocycles. The second-order valence-electron chi connectivity index (χ2n) is 4.71. The second-order valence-corrected chi connectivity index (χ2v) is 5.96. The van der Waals surface area contributed by atoms with Crippen LogP contribution in [0.3, 0.4) is 0 Å². The molecule has 1 aromatic rings. The number of hydrogen-bond acceptors (Lipinski definition) is 2.